The smallest absolute Gasteiger partial charge is 0.254 e. The molecule has 4 heteroatoms. The molecule has 0 aliphatic heterocycles. The number of hydrogen-bond donors (Lipinski definition) is 1. The molecule has 0 unspecified atom stereocenters. The van der Waals surface area contributed by atoms with Gasteiger partial charge in [0.05, 0.1) is 5.56 Å². The Bertz CT molecular complexity index is 401. The maximum Gasteiger partial charge on any atom is 0.254 e. The van der Waals surface area contributed by atoms with E-state index in [4.69, 9.17) is 11.6 Å². The molecule has 0 spiro atoms. The first-order chi connectivity index (χ1) is 8.77. The highest BCUT2D eigenvalue weighted by atomic mass is 35.5. The van der Waals surface area contributed by atoms with E-state index in [-0.39, 0.29) is 17.1 Å². The predicted molar refractivity (Wildman–Crippen MR) is 72.8 cm³/mol. The zero-order valence-corrected chi connectivity index (χ0v) is 11.2. The Labute approximate surface area is 113 Å². The molecule has 1 amide bonds. The first-order valence-corrected chi connectivity index (χ1v) is 7.06. The van der Waals surface area contributed by atoms with E-state index >= 15 is 0 Å². The second kappa shape index (κ2) is 6.74. The molecule has 0 saturated heterocycles. The number of aromatic nitrogens is 1. The summed E-state index contributed by atoms with van der Waals surface area (Å²) in [5.74, 6) is -0.0985. The van der Waals surface area contributed by atoms with E-state index in [0.29, 0.717) is 5.56 Å². The van der Waals surface area contributed by atoms with E-state index in [1.807, 2.05) is 0 Å². The largest absolute Gasteiger partial charge is 0.349 e. The van der Waals surface area contributed by atoms with E-state index in [9.17, 15) is 4.79 Å². The lowest BCUT2D eigenvalue weighted by molar-refractivity contribution is 0.0930. The summed E-state index contributed by atoms with van der Waals surface area (Å²) in [5, 5.41) is 3.36. The van der Waals surface area contributed by atoms with Crippen LogP contribution in [0.1, 0.15) is 55.3 Å². The number of hydrogen-bond acceptors (Lipinski definition) is 2. The number of amides is 1. The Kier molecular flexibility index (Phi) is 5.00. The summed E-state index contributed by atoms with van der Waals surface area (Å²) in [7, 11) is 0. The van der Waals surface area contributed by atoms with Gasteiger partial charge in [-0.1, -0.05) is 43.7 Å². The lowest BCUT2D eigenvalue weighted by atomic mass is 9.96. The van der Waals surface area contributed by atoms with E-state index in [2.05, 4.69) is 10.3 Å². The number of rotatable bonds is 2. The van der Waals surface area contributed by atoms with Crippen molar-refractivity contribution in [3.05, 3.63) is 29.0 Å². The Balaban J connectivity index is 1.95. The molecule has 1 aromatic rings. The van der Waals surface area contributed by atoms with Gasteiger partial charge in [-0.05, 0) is 25.0 Å². The average molecular weight is 267 g/mol. The minimum atomic E-state index is -0.0985. The normalized spacial score (nSPS) is 17.8. The van der Waals surface area contributed by atoms with Crippen LogP contribution in [-0.2, 0) is 0 Å². The van der Waals surface area contributed by atoms with Crippen molar-refractivity contribution in [2.24, 2.45) is 0 Å². The van der Waals surface area contributed by atoms with Gasteiger partial charge < -0.3 is 5.32 Å². The van der Waals surface area contributed by atoms with Crippen LogP contribution in [-0.4, -0.2) is 16.9 Å². The average Bonchev–Trinajstić information content (AvgIpc) is 2.33. The van der Waals surface area contributed by atoms with Crippen LogP contribution in [0.3, 0.4) is 0 Å². The molecule has 0 bridgehead atoms. The van der Waals surface area contributed by atoms with Crippen molar-refractivity contribution >= 4 is 17.5 Å². The topological polar surface area (TPSA) is 42.0 Å². The summed E-state index contributed by atoms with van der Waals surface area (Å²) in [4.78, 5) is 16.0. The number of nitrogens with one attached hydrogen (secondary N) is 1. The molecule has 1 fully saturated rings. The summed E-state index contributed by atoms with van der Waals surface area (Å²) < 4.78 is 0. The van der Waals surface area contributed by atoms with E-state index < -0.39 is 0 Å². The maximum absolute atomic E-state index is 12.1. The summed E-state index contributed by atoms with van der Waals surface area (Å²) in [6.45, 7) is 0. The molecule has 1 aliphatic carbocycles. The Morgan fingerprint density at radius 1 is 1.22 bits per heavy atom. The lowest BCUT2D eigenvalue weighted by Crippen LogP contribution is -2.35. The van der Waals surface area contributed by atoms with Crippen LogP contribution in [0, 0.1) is 0 Å². The third-order valence-corrected chi connectivity index (χ3v) is 3.75. The van der Waals surface area contributed by atoms with Gasteiger partial charge in [0.15, 0.2) is 0 Å². The van der Waals surface area contributed by atoms with Gasteiger partial charge in [-0.15, -0.1) is 0 Å². The second-order valence-electron chi connectivity index (χ2n) is 4.86. The first kappa shape index (κ1) is 13.3. The van der Waals surface area contributed by atoms with Crippen molar-refractivity contribution in [3.8, 4) is 0 Å². The van der Waals surface area contributed by atoms with Gasteiger partial charge >= 0.3 is 0 Å². The third kappa shape index (κ3) is 3.70. The van der Waals surface area contributed by atoms with Crippen LogP contribution >= 0.6 is 11.6 Å². The standard InChI is InChI=1S/C14H19ClN2O/c15-13-12(9-6-10-16-13)14(18)17-11-7-4-2-1-3-5-8-11/h6,9-11H,1-5,7-8H2,(H,17,18). The fourth-order valence-electron chi connectivity index (χ4n) is 2.42. The van der Waals surface area contributed by atoms with Gasteiger partial charge in [-0.3, -0.25) is 4.79 Å². The van der Waals surface area contributed by atoms with Gasteiger partial charge in [0.25, 0.3) is 5.91 Å². The monoisotopic (exact) mass is 266 g/mol. The highest BCUT2D eigenvalue weighted by molar-refractivity contribution is 6.32. The quantitative estimate of drug-likeness (QED) is 0.832. The first-order valence-electron chi connectivity index (χ1n) is 6.69. The van der Waals surface area contributed by atoms with E-state index in [1.165, 1.54) is 32.1 Å². The zero-order chi connectivity index (χ0) is 12.8. The van der Waals surface area contributed by atoms with Crippen LogP contribution in [0.2, 0.25) is 5.15 Å². The van der Waals surface area contributed by atoms with Crippen molar-refractivity contribution in [1.82, 2.24) is 10.3 Å². The van der Waals surface area contributed by atoms with Crippen LogP contribution in [0.5, 0.6) is 0 Å². The second-order valence-corrected chi connectivity index (χ2v) is 5.22. The molecule has 98 valence electrons. The summed E-state index contributed by atoms with van der Waals surface area (Å²) >= 11 is 5.92. The molecular weight excluding hydrogens is 248 g/mol. The third-order valence-electron chi connectivity index (χ3n) is 3.44. The Hall–Kier alpha value is -1.09. The van der Waals surface area contributed by atoms with Crippen LogP contribution in [0.25, 0.3) is 0 Å². The fourth-order valence-corrected chi connectivity index (χ4v) is 2.62. The SMILES string of the molecule is O=C(NC1CCCCCCC1)c1cccnc1Cl. The number of carbonyl (C=O) groups is 1. The van der Waals surface area contributed by atoms with Crippen molar-refractivity contribution < 1.29 is 4.79 Å². The van der Waals surface area contributed by atoms with Gasteiger partial charge in [0.2, 0.25) is 0 Å². The molecule has 1 saturated carbocycles. The predicted octanol–water partition coefficient (Wildman–Crippen LogP) is 3.58. The minimum absolute atomic E-state index is 0.0985. The highest BCUT2D eigenvalue weighted by Crippen LogP contribution is 2.18. The van der Waals surface area contributed by atoms with Gasteiger partial charge in [-0.25, -0.2) is 4.98 Å². The number of nitrogens with zero attached hydrogens (tertiary/aromatic N) is 1. The van der Waals surface area contributed by atoms with Crippen LogP contribution < -0.4 is 5.32 Å². The van der Waals surface area contributed by atoms with Crippen molar-refractivity contribution in [3.63, 3.8) is 0 Å². The van der Waals surface area contributed by atoms with Crippen molar-refractivity contribution in [2.75, 3.05) is 0 Å². The van der Waals surface area contributed by atoms with Crippen molar-refractivity contribution in [1.29, 1.82) is 0 Å². The summed E-state index contributed by atoms with van der Waals surface area (Å²) in [5.41, 5.74) is 0.473. The van der Waals surface area contributed by atoms with Crippen LogP contribution in [0.4, 0.5) is 0 Å². The molecule has 18 heavy (non-hydrogen) atoms. The number of halogens is 1. The zero-order valence-electron chi connectivity index (χ0n) is 10.5. The van der Waals surface area contributed by atoms with E-state index in [1.54, 1.807) is 18.3 Å². The maximum atomic E-state index is 12.1. The number of pyridine rings is 1. The fraction of sp³-hybridized carbons (Fsp3) is 0.571. The van der Waals surface area contributed by atoms with Crippen LogP contribution in [0.15, 0.2) is 18.3 Å². The molecule has 0 aromatic carbocycles. The molecule has 3 nitrogen and oxygen atoms in total. The van der Waals surface area contributed by atoms with Gasteiger partial charge in [0.1, 0.15) is 5.15 Å². The molecule has 2 rings (SSSR count). The summed E-state index contributed by atoms with van der Waals surface area (Å²) in [6.07, 6.45) is 10.0. The highest BCUT2D eigenvalue weighted by Gasteiger charge is 2.16. The minimum Gasteiger partial charge on any atom is -0.349 e. The molecule has 1 aromatic heterocycles. The Morgan fingerprint density at radius 3 is 2.56 bits per heavy atom. The molecule has 1 N–H and O–H groups in total. The van der Waals surface area contributed by atoms with Gasteiger partial charge in [0, 0.05) is 12.2 Å². The molecule has 1 aliphatic rings. The number of carbonyl (C=O) groups excluding carboxylic acids is 1. The molecular formula is C14H19ClN2O. The van der Waals surface area contributed by atoms with Crippen molar-refractivity contribution in [2.45, 2.75) is 51.0 Å². The molecule has 1 heterocycles. The summed E-state index contributed by atoms with van der Waals surface area (Å²) in [6, 6.07) is 3.74. The molecule has 0 atom stereocenters. The Morgan fingerprint density at radius 2 is 1.89 bits per heavy atom. The van der Waals surface area contributed by atoms with Gasteiger partial charge in [-0.2, -0.15) is 0 Å². The molecule has 0 radical (unpaired) electrons. The van der Waals surface area contributed by atoms with E-state index in [0.717, 1.165) is 12.8 Å². The lowest BCUT2D eigenvalue weighted by Gasteiger charge is -2.21.